The zero-order valence-electron chi connectivity index (χ0n) is 14.6. The van der Waals surface area contributed by atoms with Crippen LogP contribution in [-0.4, -0.2) is 27.9 Å². The molecule has 1 aromatic carbocycles. The SMILES string of the molecule is Cc1ccc(S(=O)(=O)O)c([C@@H](C)CO[Si](C)(C)C(C)(C)C)c1. The van der Waals surface area contributed by atoms with E-state index in [-0.39, 0.29) is 15.9 Å². The Labute approximate surface area is 135 Å². The van der Waals surface area contributed by atoms with Crippen LogP contribution in [0.2, 0.25) is 18.1 Å². The zero-order chi connectivity index (χ0) is 17.3. The minimum atomic E-state index is -4.22. The number of benzene rings is 1. The minimum Gasteiger partial charge on any atom is -0.416 e. The highest BCUT2D eigenvalue weighted by Gasteiger charge is 2.37. The largest absolute Gasteiger partial charge is 0.416 e. The Morgan fingerprint density at radius 3 is 2.27 bits per heavy atom. The van der Waals surface area contributed by atoms with Crippen LogP contribution >= 0.6 is 0 Å². The standard InChI is InChI=1S/C16H28O4SSi/c1-12-8-9-15(21(17,18)19)14(10-12)13(2)11-20-22(6,7)16(3,4)5/h8-10,13H,11H2,1-7H3,(H,17,18,19)/t13-/m0/s1. The molecule has 1 atom stereocenters. The monoisotopic (exact) mass is 344 g/mol. The molecule has 0 aliphatic carbocycles. The summed E-state index contributed by atoms with van der Waals surface area (Å²) in [5.41, 5.74) is 1.57. The summed E-state index contributed by atoms with van der Waals surface area (Å²) < 4.78 is 38.7. The van der Waals surface area contributed by atoms with Gasteiger partial charge in [-0.15, -0.1) is 0 Å². The summed E-state index contributed by atoms with van der Waals surface area (Å²) >= 11 is 0. The van der Waals surface area contributed by atoms with Crippen molar-refractivity contribution in [2.75, 3.05) is 6.61 Å². The van der Waals surface area contributed by atoms with Gasteiger partial charge >= 0.3 is 0 Å². The van der Waals surface area contributed by atoms with Crippen molar-refractivity contribution in [3.8, 4) is 0 Å². The van der Waals surface area contributed by atoms with Gasteiger partial charge in [-0.3, -0.25) is 4.55 Å². The van der Waals surface area contributed by atoms with E-state index in [9.17, 15) is 13.0 Å². The first-order valence-electron chi connectivity index (χ1n) is 7.48. The van der Waals surface area contributed by atoms with Crippen LogP contribution in [-0.2, 0) is 14.5 Å². The summed E-state index contributed by atoms with van der Waals surface area (Å²) in [6.07, 6.45) is 0. The Bertz CT molecular complexity index is 630. The van der Waals surface area contributed by atoms with Crippen LogP contribution in [0.3, 0.4) is 0 Å². The van der Waals surface area contributed by atoms with Gasteiger partial charge in [0.2, 0.25) is 0 Å². The zero-order valence-corrected chi connectivity index (χ0v) is 16.4. The molecular weight excluding hydrogens is 316 g/mol. The number of hydrogen-bond donors (Lipinski definition) is 1. The van der Waals surface area contributed by atoms with Gasteiger partial charge in [-0.05, 0) is 36.7 Å². The molecule has 126 valence electrons. The molecule has 0 saturated heterocycles. The molecular formula is C16H28O4SSi. The first-order valence-corrected chi connectivity index (χ1v) is 11.8. The second kappa shape index (κ2) is 6.43. The molecule has 22 heavy (non-hydrogen) atoms. The molecule has 0 bridgehead atoms. The van der Waals surface area contributed by atoms with Gasteiger partial charge in [-0.2, -0.15) is 8.42 Å². The highest BCUT2D eigenvalue weighted by Crippen LogP contribution is 2.37. The normalized spacial score (nSPS) is 14.9. The lowest BCUT2D eigenvalue weighted by Crippen LogP contribution is -2.41. The van der Waals surface area contributed by atoms with Crippen LogP contribution in [0.5, 0.6) is 0 Å². The summed E-state index contributed by atoms with van der Waals surface area (Å²) in [5.74, 6) is -0.106. The molecule has 1 aromatic rings. The van der Waals surface area contributed by atoms with Crippen LogP contribution in [0.4, 0.5) is 0 Å². The predicted molar refractivity (Wildman–Crippen MR) is 92.6 cm³/mol. The van der Waals surface area contributed by atoms with E-state index < -0.39 is 18.4 Å². The maximum absolute atomic E-state index is 11.6. The fourth-order valence-electron chi connectivity index (χ4n) is 1.93. The van der Waals surface area contributed by atoms with Crippen LogP contribution in [0, 0.1) is 6.92 Å². The molecule has 6 heteroatoms. The summed E-state index contributed by atoms with van der Waals surface area (Å²) in [7, 11) is -6.11. The average molecular weight is 345 g/mol. The Hall–Kier alpha value is -0.693. The molecule has 0 aromatic heterocycles. The van der Waals surface area contributed by atoms with Gasteiger partial charge in [-0.25, -0.2) is 0 Å². The highest BCUT2D eigenvalue weighted by atomic mass is 32.2. The smallest absolute Gasteiger partial charge is 0.294 e. The Morgan fingerprint density at radius 1 is 1.27 bits per heavy atom. The maximum Gasteiger partial charge on any atom is 0.294 e. The van der Waals surface area contributed by atoms with Crippen LogP contribution in [0.25, 0.3) is 0 Å². The molecule has 0 radical (unpaired) electrons. The van der Waals surface area contributed by atoms with Crippen LogP contribution < -0.4 is 0 Å². The first-order chi connectivity index (χ1) is 9.75. The molecule has 0 fully saturated rings. The van der Waals surface area contributed by atoms with Gasteiger partial charge in [-0.1, -0.05) is 45.4 Å². The Morgan fingerprint density at radius 2 is 1.82 bits per heavy atom. The molecule has 0 aliphatic rings. The van der Waals surface area contributed by atoms with Crippen molar-refractivity contribution in [1.29, 1.82) is 0 Å². The highest BCUT2D eigenvalue weighted by molar-refractivity contribution is 7.85. The minimum absolute atomic E-state index is 0.0237. The molecule has 0 aliphatic heterocycles. The average Bonchev–Trinajstić information content (AvgIpc) is 2.33. The summed E-state index contributed by atoms with van der Waals surface area (Å²) in [6, 6.07) is 4.96. The fraction of sp³-hybridized carbons (Fsp3) is 0.625. The predicted octanol–water partition coefficient (Wildman–Crippen LogP) is 4.37. The van der Waals surface area contributed by atoms with E-state index >= 15 is 0 Å². The van der Waals surface area contributed by atoms with Crippen molar-refractivity contribution in [3.05, 3.63) is 29.3 Å². The van der Waals surface area contributed by atoms with Gasteiger partial charge in [0.1, 0.15) is 0 Å². The molecule has 0 amide bonds. The molecule has 0 heterocycles. The van der Waals surface area contributed by atoms with Crippen molar-refractivity contribution in [1.82, 2.24) is 0 Å². The topological polar surface area (TPSA) is 63.6 Å². The Kier molecular flexibility index (Phi) is 5.66. The molecule has 0 saturated carbocycles. The lowest BCUT2D eigenvalue weighted by Gasteiger charge is -2.37. The molecule has 0 spiro atoms. The second-order valence-electron chi connectivity index (χ2n) is 7.49. The van der Waals surface area contributed by atoms with Crippen LogP contribution in [0.15, 0.2) is 23.1 Å². The van der Waals surface area contributed by atoms with Crippen molar-refractivity contribution in [2.24, 2.45) is 0 Å². The fourth-order valence-corrected chi connectivity index (χ4v) is 3.83. The van der Waals surface area contributed by atoms with E-state index in [1.54, 1.807) is 6.07 Å². The maximum atomic E-state index is 11.6. The lowest BCUT2D eigenvalue weighted by atomic mass is 10.0. The van der Waals surface area contributed by atoms with Crippen molar-refractivity contribution in [3.63, 3.8) is 0 Å². The molecule has 0 unspecified atom stereocenters. The lowest BCUT2D eigenvalue weighted by molar-refractivity contribution is 0.268. The van der Waals surface area contributed by atoms with Crippen molar-refractivity contribution in [2.45, 2.75) is 63.6 Å². The molecule has 4 nitrogen and oxygen atoms in total. The van der Waals surface area contributed by atoms with Crippen molar-refractivity contribution >= 4 is 18.4 Å². The van der Waals surface area contributed by atoms with E-state index in [0.717, 1.165) is 5.56 Å². The number of aryl methyl sites for hydroxylation is 1. The van der Waals surface area contributed by atoms with Crippen molar-refractivity contribution < 1.29 is 17.4 Å². The van der Waals surface area contributed by atoms with E-state index in [4.69, 9.17) is 4.43 Å². The third-order valence-electron chi connectivity index (χ3n) is 4.47. The summed E-state index contributed by atoms with van der Waals surface area (Å²) in [6.45, 7) is 15.1. The first kappa shape index (κ1) is 19.4. The summed E-state index contributed by atoms with van der Waals surface area (Å²) in [4.78, 5) is -0.0237. The van der Waals surface area contributed by atoms with Gasteiger partial charge < -0.3 is 4.43 Å². The third kappa shape index (κ3) is 4.65. The van der Waals surface area contributed by atoms with E-state index in [0.29, 0.717) is 12.2 Å². The third-order valence-corrected chi connectivity index (χ3v) is 9.90. The van der Waals surface area contributed by atoms with Crippen LogP contribution in [0.1, 0.15) is 44.7 Å². The molecule has 1 rings (SSSR count). The number of rotatable bonds is 5. The van der Waals surface area contributed by atoms with E-state index in [1.165, 1.54) is 6.07 Å². The summed E-state index contributed by atoms with van der Waals surface area (Å²) in [5, 5.41) is 0.102. The van der Waals surface area contributed by atoms with E-state index in [1.807, 2.05) is 19.9 Å². The Balaban J connectivity index is 3.05. The molecule has 1 N–H and O–H groups in total. The van der Waals surface area contributed by atoms with Gasteiger partial charge in [0.25, 0.3) is 10.1 Å². The van der Waals surface area contributed by atoms with E-state index in [2.05, 4.69) is 33.9 Å². The quantitative estimate of drug-likeness (QED) is 0.636. The number of hydrogen-bond acceptors (Lipinski definition) is 3. The van der Waals surface area contributed by atoms with Gasteiger partial charge in [0.05, 0.1) is 4.90 Å². The second-order valence-corrected chi connectivity index (χ2v) is 13.7. The van der Waals surface area contributed by atoms with Gasteiger partial charge in [0, 0.05) is 12.5 Å². The van der Waals surface area contributed by atoms with Gasteiger partial charge in [0.15, 0.2) is 8.32 Å².